The Balaban J connectivity index is 2.38. The molecule has 1 unspecified atom stereocenters. The highest BCUT2D eigenvalue weighted by molar-refractivity contribution is 5.79. The van der Waals surface area contributed by atoms with E-state index in [0.29, 0.717) is 18.0 Å². The van der Waals surface area contributed by atoms with E-state index in [9.17, 15) is 0 Å². The predicted molar refractivity (Wildman–Crippen MR) is 98.1 cm³/mol. The van der Waals surface area contributed by atoms with Crippen LogP contribution in [0.3, 0.4) is 0 Å². The van der Waals surface area contributed by atoms with Crippen molar-refractivity contribution in [2.75, 3.05) is 60.0 Å². The van der Waals surface area contributed by atoms with E-state index < -0.39 is 0 Å². The average molecular weight is 328 g/mol. The third-order valence-electron chi connectivity index (χ3n) is 4.62. The maximum Gasteiger partial charge on any atom is 0.191 e. The van der Waals surface area contributed by atoms with Crippen molar-refractivity contribution < 1.29 is 4.74 Å². The molecule has 0 aliphatic carbocycles. The number of nitrogens with zero attached hydrogens (tertiary/aromatic N) is 3. The minimum Gasteiger partial charge on any atom is -0.379 e. The third-order valence-corrected chi connectivity index (χ3v) is 4.62. The summed E-state index contributed by atoms with van der Waals surface area (Å²) < 4.78 is 5.47. The molecular formula is C17H37N5O. The Kier molecular flexibility index (Phi) is 9.52. The molecule has 0 saturated carbocycles. The highest BCUT2D eigenvalue weighted by Gasteiger charge is 2.23. The molecular weight excluding hydrogens is 290 g/mol. The summed E-state index contributed by atoms with van der Waals surface area (Å²) in [4.78, 5) is 9.19. The summed E-state index contributed by atoms with van der Waals surface area (Å²) in [5.74, 6) is 1.49. The number of hydrogen-bond acceptors (Lipinski definition) is 4. The van der Waals surface area contributed by atoms with Crippen molar-refractivity contribution in [2.24, 2.45) is 10.9 Å². The zero-order valence-corrected chi connectivity index (χ0v) is 15.9. The molecule has 0 aromatic heterocycles. The van der Waals surface area contributed by atoms with Crippen molar-refractivity contribution >= 4 is 5.96 Å². The van der Waals surface area contributed by atoms with E-state index in [1.54, 1.807) is 0 Å². The summed E-state index contributed by atoms with van der Waals surface area (Å²) in [7, 11) is 3.98. The Labute approximate surface area is 142 Å². The maximum absolute atomic E-state index is 5.47. The topological polar surface area (TPSA) is 52.1 Å². The van der Waals surface area contributed by atoms with Crippen molar-refractivity contribution in [3.8, 4) is 0 Å². The van der Waals surface area contributed by atoms with Gasteiger partial charge in [-0.05, 0) is 26.8 Å². The Bertz CT molecular complexity index is 340. The smallest absolute Gasteiger partial charge is 0.191 e. The van der Waals surface area contributed by atoms with Gasteiger partial charge in [-0.1, -0.05) is 13.8 Å². The van der Waals surface area contributed by atoms with Gasteiger partial charge in [-0.2, -0.15) is 0 Å². The molecule has 0 radical (unpaired) electrons. The first-order chi connectivity index (χ1) is 11.0. The first-order valence-corrected chi connectivity index (χ1v) is 8.92. The number of rotatable bonds is 8. The fraction of sp³-hybridized carbons (Fsp3) is 0.941. The molecule has 1 fully saturated rings. The second kappa shape index (κ2) is 10.8. The SMILES string of the molecule is CN=C(NCCN(C)C(C)C)NCC(C(C)C)N1CCOCC1. The number of guanidine groups is 1. The first kappa shape index (κ1) is 20.2. The van der Waals surface area contributed by atoms with E-state index >= 15 is 0 Å². The van der Waals surface area contributed by atoms with Gasteiger partial charge in [0.15, 0.2) is 5.96 Å². The zero-order chi connectivity index (χ0) is 17.2. The summed E-state index contributed by atoms with van der Waals surface area (Å²) in [6, 6.07) is 1.08. The normalized spacial score (nSPS) is 18.7. The highest BCUT2D eigenvalue weighted by Crippen LogP contribution is 2.12. The summed E-state index contributed by atoms with van der Waals surface area (Å²) in [6.45, 7) is 15.6. The van der Waals surface area contributed by atoms with Gasteiger partial charge < -0.3 is 20.3 Å². The van der Waals surface area contributed by atoms with E-state index in [1.807, 2.05) is 7.05 Å². The van der Waals surface area contributed by atoms with Gasteiger partial charge >= 0.3 is 0 Å². The lowest BCUT2D eigenvalue weighted by Crippen LogP contribution is -2.53. The number of likely N-dealkylation sites (N-methyl/N-ethyl adjacent to an activating group) is 1. The molecule has 0 amide bonds. The van der Waals surface area contributed by atoms with E-state index in [1.165, 1.54) is 0 Å². The van der Waals surface area contributed by atoms with Gasteiger partial charge in [0.1, 0.15) is 0 Å². The Morgan fingerprint density at radius 1 is 1.17 bits per heavy atom. The molecule has 1 atom stereocenters. The molecule has 1 saturated heterocycles. The highest BCUT2D eigenvalue weighted by atomic mass is 16.5. The molecule has 0 bridgehead atoms. The number of aliphatic imine (C=N–C) groups is 1. The summed E-state index contributed by atoms with van der Waals surface area (Å²) in [6.07, 6.45) is 0. The molecule has 2 N–H and O–H groups in total. The van der Waals surface area contributed by atoms with Gasteiger partial charge in [-0.25, -0.2) is 0 Å². The predicted octanol–water partition coefficient (Wildman–Crippen LogP) is 0.848. The van der Waals surface area contributed by atoms with Crippen molar-refractivity contribution in [1.29, 1.82) is 0 Å². The van der Waals surface area contributed by atoms with Crippen LogP contribution in [0, 0.1) is 5.92 Å². The minimum absolute atomic E-state index is 0.510. The van der Waals surface area contributed by atoms with Crippen LogP contribution in [0.1, 0.15) is 27.7 Å². The lowest BCUT2D eigenvalue weighted by Gasteiger charge is -2.37. The van der Waals surface area contributed by atoms with Crippen molar-refractivity contribution in [3.63, 3.8) is 0 Å². The summed E-state index contributed by atoms with van der Waals surface area (Å²) >= 11 is 0. The molecule has 6 heteroatoms. The molecule has 136 valence electrons. The standard InChI is InChI=1S/C17H37N5O/c1-14(2)16(22-9-11-23-12-10-22)13-20-17(18-5)19-7-8-21(6)15(3)4/h14-16H,7-13H2,1-6H3,(H2,18,19,20). The van der Waals surface area contributed by atoms with Gasteiger partial charge in [0, 0.05) is 51.9 Å². The lowest BCUT2D eigenvalue weighted by molar-refractivity contribution is 0.00752. The Hall–Kier alpha value is -0.850. The largest absolute Gasteiger partial charge is 0.379 e. The van der Waals surface area contributed by atoms with E-state index in [2.05, 4.69) is 60.2 Å². The fourth-order valence-electron chi connectivity index (χ4n) is 2.73. The molecule has 6 nitrogen and oxygen atoms in total. The molecule has 0 spiro atoms. The molecule has 1 rings (SSSR count). The van der Waals surface area contributed by atoms with Crippen LogP contribution in [0.2, 0.25) is 0 Å². The van der Waals surface area contributed by atoms with Gasteiger partial charge in [0.25, 0.3) is 0 Å². The van der Waals surface area contributed by atoms with Crippen LogP contribution in [0.5, 0.6) is 0 Å². The summed E-state index contributed by atoms with van der Waals surface area (Å²) in [5, 5.41) is 6.90. The first-order valence-electron chi connectivity index (χ1n) is 8.92. The van der Waals surface area contributed by atoms with Crippen LogP contribution < -0.4 is 10.6 Å². The van der Waals surface area contributed by atoms with Crippen molar-refractivity contribution in [1.82, 2.24) is 20.4 Å². The van der Waals surface area contributed by atoms with E-state index in [4.69, 9.17) is 4.74 Å². The van der Waals surface area contributed by atoms with E-state index in [0.717, 1.165) is 51.9 Å². The van der Waals surface area contributed by atoms with Crippen LogP contribution in [-0.2, 0) is 4.74 Å². The quantitative estimate of drug-likeness (QED) is 0.511. The number of ether oxygens (including phenoxy) is 1. The third kappa shape index (κ3) is 7.50. The van der Waals surface area contributed by atoms with Crippen LogP contribution >= 0.6 is 0 Å². The number of morpholine rings is 1. The van der Waals surface area contributed by atoms with Gasteiger partial charge in [-0.3, -0.25) is 9.89 Å². The van der Waals surface area contributed by atoms with Crippen LogP contribution in [0.25, 0.3) is 0 Å². The number of hydrogen-bond donors (Lipinski definition) is 2. The van der Waals surface area contributed by atoms with Crippen molar-refractivity contribution in [3.05, 3.63) is 0 Å². The molecule has 0 aromatic rings. The molecule has 1 aliphatic rings. The summed E-state index contributed by atoms with van der Waals surface area (Å²) in [5.41, 5.74) is 0. The average Bonchev–Trinajstić information content (AvgIpc) is 2.53. The Morgan fingerprint density at radius 2 is 1.83 bits per heavy atom. The Morgan fingerprint density at radius 3 is 2.35 bits per heavy atom. The van der Waals surface area contributed by atoms with Crippen LogP contribution in [0.15, 0.2) is 4.99 Å². The fourth-order valence-corrected chi connectivity index (χ4v) is 2.73. The number of nitrogens with one attached hydrogen (secondary N) is 2. The van der Waals surface area contributed by atoms with Gasteiger partial charge in [0.2, 0.25) is 0 Å². The molecule has 1 heterocycles. The maximum atomic E-state index is 5.47. The van der Waals surface area contributed by atoms with Crippen LogP contribution in [0.4, 0.5) is 0 Å². The zero-order valence-electron chi connectivity index (χ0n) is 15.9. The lowest BCUT2D eigenvalue weighted by atomic mass is 10.0. The molecule has 23 heavy (non-hydrogen) atoms. The molecule has 1 aliphatic heterocycles. The van der Waals surface area contributed by atoms with E-state index in [-0.39, 0.29) is 0 Å². The van der Waals surface area contributed by atoms with Gasteiger partial charge in [-0.15, -0.1) is 0 Å². The van der Waals surface area contributed by atoms with Gasteiger partial charge in [0.05, 0.1) is 13.2 Å². The second-order valence-electron chi connectivity index (χ2n) is 6.91. The van der Waals surface area contributed by atoms with Crippen LogP contribution in [-0.4, -0.2) is 87.9 Å². The molecule has 0 aromatic carbocycles. The van der Waals surface area contributed by atoms with Crippen molar-refractivity contribution in [2.45, 2.75) is 39.8 Å². The minimum atomic E-state index is 0.510. The second-order valence-corrected chi connectivity index (χ2v) is 6.91. The monoisotopic (exact) mass is 327 g/mol.